The van der Waals surface area contributed by atoms with Crippen LogP contribution < -0.4 is 0 Å². The van der Waals surface area contributed by atoms with Gasteiger partial charge in [0.1, 0.15) is 0 Å². The molecule has 0 saturated carbocycles. The minimum absolute atomic E-state index is 0.215. The molecule has 0 aromatic heterocycles. The molecule has 0 aromatic carbocycles. The van der Waals surface area contributed by atoms with E-state index in [2.05, 4.69) is 4.74 Å². The molecular formula is C11H8F13NO2. The molecule has 0 bridgehead atoms. The highest BCUT2D eigenvalue weighted by Crippen LogP contribution is 2.60. The van der Waals surface area contributed by atoms with E-state index in [1.54, 1.807) is 0 Å². The first-order valence-corrected chi connectivity index (χ1v) is 6.59. The van der Waals surface area contributed by atoms with Crippen molar-refractivity contribution in [3.05, 3.63) is 0 Å². The monoisotopic (exact) mass is 433 g/mol. The zero-order valence-electron chi connectivity index (χ0n) is 12.5. The third kappa shape index (κ3) is 3.29. The highest BCUT2D eigenvalue weighted by atomic mass is 19.4. The highest BCUT2D eigenvalue weighted by Gasteiger charge is 2.91. The van der Waals surface area contributed by atoms with Crippen LogP contribution in [0.15, 0.2) is 0 Å². The highest BCUT2D eigenvalue weighted by molar-refractivity contribution is 5.85. The number of hydrogen-bond donors (Lipinski definition) is 0. The van der Waals surface area contributed by atoms with Gasteiger partial charge in [-0.15, -0.1) is 0 Å². The van der Waals surface area contributed by atoms with Crippen LogP contribution in [-0.4, -0.2) is 72.9 Å². The van der Waals surface area contributed by atoms with E-state index in [1.807, 2.05) is 0 Å². The number of alkyl halides is 13. The Hall–Kier alpha value is -1.48. The molecule has 0 aromatic rings. The standard InChI is InChI=1S/C11H8F13NO2/c12-6(13,5(26)25-1-3-27-4-2-25)7(14,15)8(16,17)9(18,19)10(20,21)11(22,23)24/h1-4H2. The predicted octanol–water partition coefficient (Wildman–Crippen LogP) is 3.58. The molecule has 0 aliphatic carbocycles. The van der Waals surface area contributed by atoms with Gasteiger partial charge in [-0.05, 0) is 0 Å². The molecule has 0 spiro atoms. The van der Waals surface area contributed by atoms with E-state index in [1.165, 1.54) is 0 Å². The lowest BCUT2D eigenvalue weighted by Crippen LogP contribution is -2.72. The number of morpholine rings is 1. The Morgan fingerprint density at radius 1 is 0.630 bits per heavy atom. The van der Waals surface area contributed by atoms with Crippen LogP contribution in [-0.2, 0) is 9.53 Å². The number of nitrogens with zero attached hydrogens (tertiary/aromatic N) is 1. The molecule has 3 nitrogen and oxygen atoms in total. The van der Waals surface area contributed by atoms with Crippen LogP contribution in [0.1, 0.15) is 0 Å². The van der Waals surface area contributed by atoms with Crippen molar-refractivity contribution in [2.75, 3.05) is 26.3 Å². The van der Waals surface area contributed by atoms with Gasteiger partial charge in [-0.25, -0.2) is 0 Å². The van der Waals surface area contributed by atoms with E-state index in [-0.39, 0.29) is 4.90 Å². The largest absolute Gasteiger partial charge is 0.460 e. The van der Waals surface area contributed by atoms with Crippen LogP contribution in [0.2, 0.25) is 0 Å². The maximum absolute atomic E-state index is 13.6. The van der Waals surface area contributed by atoms with Crippen LogP contribution >= 0.6 is 0 Å². The summed E-state index contributed by atoms with van der Waals surface area (Å²) in [5.74, 6) is -41.3. The zero-order valence-corrected chi connectivity index (χ0v) is 12.5. The Morgan fingerprint density at radius 2 is 1.00 bits per heavy atom. The average molecular weight is 433 g/mol. The summed E-state index contributed by atoms with van der Waals surface area (Å²) in [5, 5.41) is 0. The smallest absolute Gasteiger partial charge is 0.378 e. The van der Waals surface area contributed by atoms with E-state index in [0.29, 0.717) is 0 Å². The summed E-state index contributed by atoms with van der Waals surface area (Å²) in [4.78, 5) is 11.1. The summed E-state index contributed by atoms with van der Waals surface area (Å²) >= 11 is 0. The van der Waals surface area contributed by atoms with Crippen LogP contribution in [0.25, 0.3) is 0 Å². The van der Waals surface area contributed by atoms with Gasteiger partial charge in [-0.3, -0.25) is 4.79 Å². The number of hydrogen-bond acceptors (Lipinski definition) is 2. The fourth-order valence-corrected chi connectivity index (χ4v) is 1.87. The molecule has 1 saturated heterocycles. The van der Waals surface area contributed by atoms with Crippen molar-refractivity contribution in [3.8, 4) is 0 Å². The minimum Gasteiger partial charge on any atom is -0.378 e. The quantitative estimate of drug-likeness (QED) is 0.621. The van der Waals surface area contributed by atoms with E-state index < -0.39 is 68.0 Å². The van der Waals surface area contributed by atoms with Gasteiger partial charge in [0.15, 0.2) is 0 Å². The van der Waals surface area contributed by atoms with Gasteiger partial charge in [0.25, 0.3) is 5.91 Å². The van der Waals surface area contributed by atoms with E-state index in [0.717, 1.165) is 0 Å². The Bertz CT molecular complexity index is 565. The summed E-state index contributed by atoms with van der Waals surface area (Å²) in [6.45, 7) is -2.81. The van der Waals surface area contributed by atoms with Crippen LogP contribution in [0.5, 0.6) is 0 Å². The lowest BCUT2D eigenvalue weighted by atomic mass is 9.93. The van der Waals surface area contributed by atoms with Crippen molar-refractivity contribution >= 4 is 5.91 Å². The van der Waals surface area contributed by atoms with Crippen LogP contribution in [0, 0.1) is 0 Å². The normalized spacial score (nSPS) is 18.6. The van der Waals surface area contributed by atoms with Gasteiger partial charge >= 0.3 is 35.8 Å². The lowest BCUT2D eigenvalue weighted by molar-refractivity contribution is -0.436. The zero-order chi connectivity index (χ0) is 21.7. The van der Waals surface area contributed by atoms with E-state index in [4.69, 9.17) is 0 Å². The Labute approximate surface area is 141 Å². The van der Waals surface area contributed by atoms with Crippen molar-refractivity contribution in [3.63, 3.8) is 0 Å². The van der Waals surface area contributed by atoms with Crippen molar-refractivity contribution in [1.29, 1.82) is 0 Å². The predicted molar refractivity (Wildman–Crippen MR) is 58.2 cm³/mol. The first-order chi connectivity index (χ1) is 11.8. The van der Waals surface area contributed by atoms with Crippen molar-refractivity contribution in [1.82, 2.24) is 4.90 Å². The second-order valence-corrected chi connectivity index (χ2v) is 5.27. The molecule has 1 aliphatic heterocycles. The number of amides is 1. The second kappa shape index (κ2) is 6.55. The molecule has 0 radical (unpaired) electrons. The van der Waals surface area contributed by atoms with Crippen molar-refractivity contribution < 1.29 is 66.6 Å². The van der Waals surface area contributed by atoms with Gasteiger partial charge in [-0.2, -0.15) is 57.1 Å². The molecule has 1 rings (SSSR count). The number of halogens is 13. The van der Waals surface area contributed by atoms with Crippen molar-refractivity contribution in [2.45, 2.75) is 35.8 Å². The van der Waals surface area contributed by atoms with E-state index >= 15 is 0 Å². The molecular weight excluding hydrogens is 425 g/mol. The first-order valence-electron chi connectivity index (χ1n) is 6.59. The molecule has 27 heavy (non-hydrogen) atoms. The van der Waals surface area contributed by atoms with E-state index in [9.17, 15) is 61.9 Å². The van der Waals surface area contributed by atoms with Gasteiger partial charge in [0.05, 0.1) is 13.2 Å². The van der Waals surface area contributed by atoms with Gasteiger partial charge in [-0.1, -0.05) is 0 Å². The Morgan fingerprint density at radius 3 is 1.37 bits per heavy atom. The SMILES string of the molecule is O=C(N1CCOCC1)C(F)(F)C(F)(F)C(F)(F)C(F)(F)C(F)(F)C(F)(F)F. The maximum Gasteiger partial charge on any atom is 0.460 e. The lowest BCUT2D eigenvalue weighted by Gasteiger charge is -2.40. The fraction of sp³-hybridized carbons (Fsp3) is 0.909. The van der Waals surface area contributed by atoms with Gasteiger partial charge in [0.2, 0.25) is 0 Å². The molecule has 0 N–H and O–H groups in total. The summed E-state index contributed by atoms with van der Waals surface area (Å²) in [6, 6.07) is 0. The molecule has 16 heteroatoms. The summed E-state index contributed by atoms with van der Waals surface area (Å²) in [6.07, 6.45) is -7.49. The topological polar surface area (TPSA) is 29.5 Å². The average Bonchev–Trinajstić information content (AvgIpc) is 2.53. The number of carbonyl (C=O) groups excluding carboxylic acids is 1. The summed E-state index contributed by atoms with van der Waals surface area (Å²) in [5.41, 5.74) is 0. The maximum atomic E-state index is 13.6. The molecule has 1 aliphatic rings. The molecule has 1 amide bonds. The Balaban J connectivity index is 3.38. The van der Waals surface area contributed by atoms with Crippen LogP contribution in [0.3, 0.4) is 0 Å². The summed E-state index contributed by atoms with van der Waals surface area (Å²) < 4.78 is 172. The molecule has 1 fully saturated rings. The molecule has 160 valence electrons. The number of carbonyl (C=O) groups is 1. The van der Waals surface area contributed by atoms with Crippen LogP contribution in [0.4, 0.5) is 57.1 Å². The van der Waals surface area contributed by atoms with Gasteiger partial charge in [0, 0.05) is 13.1 Å². The van der Waals surface area contributed by atoms with Crippen molar-refractivity contribution in [2.24, 2.45) is 0 Å². The third-order valence-corrected chi connectivity index (χ3v) is 3.50. The summed E-state index contributed by atoms with van der Waals surface area (Å²) in [7, 11) is 0. The fourth-order valence-electron chi connectivity index (χ4n) is 1.87. The minimum atomic E-state index is -8.02. The number of ether oxygens (including phenoxy) is 1. The molecule has 0 unspecified atom stereocenters. The number of rotatable bonds is 5. The molecule has 0 atom stereocenters. The first kappa shape index (κ1) is 23.6. The second-order valence-electron chi connectivity index (χ2n) is 5.27. The third-order valence-electron chi connectivity index (χ3n) is 3.50. The Kier molecular flexibility index (Phi) is 5.71. The van der Waals surface area contributed by atoms with Gasteiger partial charge < -0.3 is 9.64 Å². The molecule has 1 heterocycles.